The average Bonchev–Trinajstić information content (AvgIpc) is 3.02. The third-order valence-corrected chi connectivity index (χ3v) is 3.56. The number of rotatable bonds is 3. The topological polar surface area (TPSA) is 38.3 Å². The van der Waals surface area contributed by atoms with E-state index in [0.29, 0.717) is 12.3 Å². The highest BCUT2D eigenvalue weighted by Gasteiger charge is 2.38. The third kappa shape index (κ3) is 2.27. The van der Waals surface area contributed by atoms with Crippen molar-refractivity contribution in [3.8, 4) is 0 Å². The minimum Gasteiger partial charge on any atom is -0.469 e. The van der Waals surface area contributed by atoms with E-state index in [-0.39, 0.29) is 5.97 Å². The highest BCUT2D eigenvalue weighted by molar-refractivity contribution is 5.69. The second-order valence-corrected chi connectivity index (χ2v) is 4.53. The van der Waals surface area contributed by atoms with Gasteiger partial charge in [0, 0.05) is 6.42 Å². The van der Waals surface area contributed by atoms with Crippen LogP contribution in [0.4, 0.5) is 0 Å². The Morgan fingerprint density at radius 2 is 2.21 bits per heavy atom. The second kappa shape index (κ2) is 4.30. The van der Waals surface area contributed by atoms with E-state index in [4.69, 9.17) is 4.74 Å². The number of carbonyl (C=O) groups excluding carboxylic acids is 1. The smallest absolute Gasteiger partial charge is 0.305 e. The summed E-state index contributed by atoms with van der Waals surface area (Å²) < 4.78 is 4.74. The summed E-state index contributed by atoms with van der Waals surface area (Å²) in [6, 6.07) is 0. The Morgan fingerprint density at radius 3 is 2.86 bits per heavy atom. The number of methoxy groups -OCH3 is 1. The molecule has 0 aromatic carbocycles. The van der Waals surface area contributed by atoms with Gasteiger partial charge < -0.3 is 10.1 Å². The molecule has 2 fully saturated rings. The summed E-state index contributed by atoms with van der Waals surface area (Å²) in [7, 11) is 1.48. The molecule has 0 aromatic rings. The Kier molecular flexibility index (Phi) is 3.06. The zero-order chi connectivity index (χ0) is 9.97. The van der Waals surface area contributed by atoms with Crippen molar-refractivity contribution in [1.29, 1.82) is 0 Å². The Bertz CT molecular complexity index is 213. The molecule has 1 N–H and O–H groups in total. The highest BCUT2D eigenvalue weighted by Crippen LogP contribution is 2.43. The average molecular weight is 197 g/mol. The van der Waals surface area contributed by atoms with E-state index < -0.39 is 0 Å². The molecule has 3 nitrogen and oxygen atoms in total. The molecule has 1 saturated carbocycles. The van der Waals surface area contributed by atoms with Gasteiger partial charge in [-0.2, -0.15) is 0 Å². The van der Waals surface area contributed by atoms with Crippen molar-refractivity contribution in [2.75, 3.05) is 20.2 Å². The Hall–Kier alpha value is -0.570. The number of nitrogens with one attached hydrogen (secondary N) is 1. The van der Waals surface area contributed by atoms with Crippen molar-refractivity contribution in [3.63, 3.8) is 0 Å². The van der Waals surface area contributed by atoms with Crippen LogP contribution in [0.1, 0.15) is 25.7 Å². The standard InChI is InChI=1S/C11H19NO2/c1-14-11(13)6-9-4-5-12-7-10(9)8-2-3-8/h8-10,12H,2-7H2,1H3/t9-,10+/m0/s1. The van der Waals surface area contributed by atoms with Gasteiger partial charge in [-0.05, 0) is 50.1 Å². The van der Waals surface area contributed by atoms with Gasteiger partial charge in [0.15, 0.2) is 0 Å². The lowest BCUT2D eigenvalue weighted by Gasteiger charge is -2.31. The molecule has 1 heterocycles. The third-order valence-electron chi connectivity index (χ3n) is 3.56. The number of ether oxygens (including phenoxy) is 1. The molecular weight excluding hydrogens is 178 g/mol. The molecule has 1 saturated heterocycles. The normalized spacial score (nSPS) is 32.6. The monoisotopic (exact) mass is 197 g/mol. The molecule has 1 aliphatic heterocycles. The summed E-state index contributed by atoms with van der Waals surface area (Å²) >= 11 is 0. The van der Waals surface area contributed by atoms with Gasteiger partial charge in [0.25, 0.3) is 0 Å². The quantitative estimate of drug-likeness (QED) is 0.691. The van der Waals surface area contributed by atoms with Crippen molar-refractivity contribution in [3.05, 3.63) is 0 Å². The van der Waals surface area contributed by atoms with E-state index in [2.05, 4.69) is 5.32 Å². The van der Waals surface area contributed by atoms with Gasteiger partial charge in [-0.1, -0.05) is 0 Å². The van der Waals surface area contributed by atoms with Crippen LogP contribution in [0.3, 0.4) is 0 Å². The maximum absolute atomic E-state index is 11.2. The molecule has 0 amide bonds. The van der Waals surface area contributed by atoms with Crippen LogP contribution in [0.5, 0.6) is 0 Å². The summed E-state index contributed by atoms with van der Waals surface area (Å²) in [5, 5.41) is 3.43. The molecular formula is C11H19NO2. The number of piperidine rings is 1. The Labute approximate surface area is 85.2 Å². The van der Waals surface area contributed by atoms with Gasteiger partial charge in [0.1, 0.15) is 0 Å². The van der Waals surface area contributed by atoms with Gasteiger partial charge in [-0.3, -0.25) is 4.79 Å². The molecule has 0 radical (unpaired) electrons. The van der Waals surface area contributed by atoms with Crippen LogP contribution in [0, 0.1) is 17.8 Å². The van der Waals surface area contributed by atoms with Gasteiger partial charge in [0.2, 0.25) is 0 Å². The largest absolute Gasteiger partial charge is 0.469 e. The van der Waals surface area contributed by atoms with E-state index in [0.717, 1.165) is 31.3 Å². The summed E-state index contributed by atoms with van der Waals surface area (Å²) in [4.78, 5) is 11.2. The first kappa shape index (κ1) is 9.97. The van der Waals surface area contributed by atoms with Gasteiger partial charge in [0.05, 0.1) is 7.11 Å². The number of esters is 1. The Morgan fingerprint density at radius 1 is 1.43 bits per heavy atom. The predicted molar refractivity (Wildman–Crippen MR) is 53.8 cm³/mol. The van der Waals surface area contributed by atoms with Crippen molar-refractivity contribution in [2.45, 2.75) is 25.7 Å². The van der Waals surface area contributed by atoms with Crippen LogP contribution in [-0.4, -0.2) is 26.2 Å². The first-order valence-corrected chi connectivity index (χ1v) is 5.59. The molecule has 14 heavy (non-hydrogen) atoms. The predicted octanol–water partition coefficient (Wildman–Crippen LogP) is 1.19. The van der Waals surface area contributed by atoms with E-state index in [1.807, 2.05) is 0 Å². The van der Waals surface area contributed by atoms with Crippen LogP contribution in [0.25, 0.3) is 0 Å². The van der Waals surface area contributed by atoms with E-state index in [9.17, 15) is 4.79 Å². The summed E-state index contributed by atoms with van der Waals surface area (Å²) in [6.45, 7) is 2.16. The van der Waals surface area contributed by atoms with Gasteiger partial charge >= 0.3 is 5.97 Å². The maximum atomic E-state index is 11.2. The summed E-state index contributed by atoms with van der Waals surface area (Å²) in [5.74, 6) is 2.14. The maximum Gasteiger partial charge on any atom is 0.305 e. The van der Waals surface area contributed by atoms with Crippen LogP contribution in [-0.2, 0) is 9.53 Å². The molecule has 0 aromatic heterocycles. The van der Waals surface area contributed by atoms with Crippen LogP contribution >= 0.6 is 0 Å². The first-order chi connectivity index (χ1) is 6.81. The minimum atomic E-state index is -0.0393. The first-order valence-electron chi connectivity index (χ1n) is 5.59. The molecule has 0 bridgehead atoms. The number of hydrogen-bond acceptors (Lipinski definition) is 3. The second-order valence-electron chi connectivity index (χ2n) is 4.53. The van der Waals surface area contributed by atoms with E-state index in [1.54, 1.807) is 0 Å². The SMILES string of the molecule is COC(=O)C[C@@H]1CCNC[C@@H]1C1CC1. The molecule has 3 heteroatoms. The van der Waals surface area contributed by atoms with E-state index in [1.165, 1.54) is 20.0 Å². The minimum absolute atomic E-state index is 0.0393. The molecule has 1 aliphatic carbocycles. The molecule has 2 aliphatic rings. The molecule has 80 valence electrons. The van der Waals surface area contributed by atoms with Crippen LogP contribution < -0.4 is 5.32 Å². The van der Waals surface area contributed by atoms with E-state index >= 15 is 0 Å². The fourth-order valence-corrected chi connectivity index (χ4v) is 2.56. The lowest BCUT2D eigenvalue weighted by Crippen LogP contribution is -2.38. The number of carbonyl (C=O) groups is 1. The fourth-order valence-electron chi connectivity index (χ4n) is 2.56. The number of hydrogen-bond donors (Lipinski definition) is 1. The Balaban J connectivity index is 1.88. The van der Waals surface area contributed by atoms with Gasteiger partial charge in [-0.25, -0.2) is 0 Å². The van der Waals surface area contributed by atoms with Crippen LogP contribution in [0.15, 0.2) is 0 Å². The lowest BCUT2D eigenvalue weighted by atomic mass is 9.81. The van der Waals surface area contributed by atoms with Gasteiger partial charge in [-0.15, -0.1) is 0 Å². The molecule has 0 unspecified atom stereocenters. The van der Waals surface area contributed by atoms with Crippen molar-refractivity contribution in [2.24, 2.45) is 17.8 Å². The fraction of sp³-hybridized carbons (Fsp3) is 0.909. The van der Waals surface area contributed by atoms with Crippen molar-refractivity contribution in [1.82, 2.24) is 5.32 Å². The summed E-state index contributed by atoms with van der Waals surface area (Å²) in [6.07, 6.45) is 4.49. The zero-order valence-electron chi connectivity index (χ0n) is 8.79. The van der Waals surface area contributed by atoms with Crippen molar-refractivity contribution >= 4 is 5.97 Å². The lowest BCUT2D eigenvalue weighted by molar-refractivity contribution is -0.142. The van der Waals surface area contributed by atoms with Crippen molar-refractivity contribution < 1.29 is 9.53 Å². The molecule has 2 atom stereocenters. The highest BCUT2D eigenvalue weighted by atomic mass is 16.5. The van der Waals surface area contributed by atoms with Crippen LogP contribution in [0.2, 0.25) is 0 Å². The zero-order valence-corrected chi connectivity index (χ0v) is 8.79. The molecule has 2 rings (SSSR count). The summed E-state index contributed by atoms with van der Waals surface area (Å²) in [5.41, 5.74) is 0. The molecule has 0 spiro atoms.